The Labute approximate surface area is 679 Å². The van der Waals surface area contributed by atoms with E-state index in [9.17, 15) is 42.3 Å². The Morgan fingerprint density at radius 3 is 2.06 bits per heavy atom. The van der Waals surface area contributed by atoms with Gasteiger partial charge in [-0.2, -0.15) is 13.2 Å². The van der Waals surface area contributed by atoms with Crippen molar-refractivity contribution in [2.75, 3.05) is 130 Å². The minimum absolute atomic E-state index is 0.00748. The van der Waals surface area contributed by atoms with Crippen LogP contribution in [0, 0.1) is 43.4 Å². The quantitative estimate of drug-likeness (QED) is 0.00926. The van der Waals surface area contributed by atoms with Gasteiger partial charge in [0.05, 0.1) is 139 Å². The molecule has 0 unspecified atom stereocenters. The second-order valence-electron chi connectivity index (χ2n) is 30.0. The number of rotatable bonds is 49. The van der Waals surface area contributed by atoms with Crippen molar-refractivity contribution in [3.63, 3.8) is 0 Å². The summed E-state index contributed by atoms with van der Waals surface area (Å²) in [6.45, 7) is 29.7. The summed E-state index contributed by atoms with van der Waals surface area (Å²) in [5.41, 5.74) is 16.4. The number of thiazole rings is 1. The standard InChI is InChI=1S/C33H36F3N3O6.C31H43N5O4S.C21H39N3O5/c1-3-9-41-12-13-43-14-15-44-16-17-45-32-30(39-7-10-42-11-8-39)21-27(23-38-32)29-18-25(22-37-24(29)2)19-31(40)26-5-4-6-28(20-26)33(34,35)36;1-20(22-10-12-23(13-11-22)29-21(2)33-19-41-29)15-28(39)27-17-25(38)18-36(27)30(40)26(31(3,4)5)16-24(37)9-7-6-8-14-34-35-32;1-18(2)21(25)8-6-5-7-9-24-16-20(22-23-24)17-28-13-12-26-10-11-27-14-15-29-19(3)4/h1,4-6,18,20-23H,7-17,19H2,2H3;10-13,19-20,25-27,38H,6-9,14-18H2,1-5H3;16,18-19H,5-15,17H2,1-4H3/t;20-,25-,26+,27+;/m.1./s1. The number of anilines is 1. The van der Waals surface area contributed by atoms with Crippen LogP contribution in [-0.2, 0) is 82.8 Å². The topological polar surface area (TPSA) is 313 Å². The van der Waals surface area contributed by atoms with Crippen molar-refractivity contribution >= 4 is 46.1 Å². The fraction of sp³-hybridized carbons (Fsp3) is 0.600. The number of terminal acetylenes is 1. The summed E-state index contributed by atoms with van der Waals surface area (Å²) in [5, 5.41) is 22.2. The molecule has 8 rings (SSSR count). The summed E-state index contributed by atoms with van der Waals surface area (Å²) in [6.07, 6.45) is 11.9. The fourth-order valence-electron chi connectivity index (χ4n) is 12.6. The number of carbonyl (C=O) groups is 5. The predicted molar refractivity (Wildman–Crippen MR) is 434 cm³/mol. The molecule has 115 heavy (non-hydrogen) atoms. The molecule has 30 heteroatoms. The smallest absolute Gasteiger partial charge is 0.416 e. The number of amides is 1. The number of halogens is 3. The summed E-state index contributed by atoms with van der Waals surface area (Å²) < 4.78 is 90.8. The molecule has 2 saturated heterocycles. The second-order valence-corrected chi connectivity index (χ2v) is 30.9. The van der Waals surface area contributed by atoms with E-state index in [1.54, 1.807) is 23.7 Å². The van der Waals surface area contributed by atoms with Crippen LogP contribution in [0.5, 0.6) is 5.88 Å². The van der Waals surface area contributed by atoms with Crippen molar-refractivity contribution in [3.8, 4) is 39.8 Å². The Balaban J connectivity index is 0.000000275. The molecule has 6 aromatic rings. The van der Waals surface area contributed by atoms with E-state index >= 15 is 0 Å². The largest absolute Gasteiger partial charge is 0.474 e. The van der Waals surface area contributed by atoms with E-state index < -0.39 is 41.0 Å². The van der Waals surface area contributed by atoms with Crippen LogP contribution in [0.15, 0.2) is 89.9 Å². The number of Topliss-reactive ketones (excluding diaryl/α,β-unsaturated/α-hetero) is 4. The third-order valence-corrected chi connectivity index (χ3v) is 20.1. The lowest BCUT2D eigenvalue weighted by molar-refractivity contribution is -0.146. The van der Waals surface area contributed by atoms with Crippen molar-refractivity contribution < 1.29 is 84.9 Å². The van der Waals surface area contributed by atoms with Crippen LogP contribution in [0.3, 0.4) is 0 Å². The van der Waals surface area contributed by atoms with Crippen molar-refractivity contribution in [2.45, 2.75) is 190 Å². The Kier molecular flexibility index (Phi) is 42.8. The molecule has 4 aromatic heterocycles. The molecule has 0 bridgehead atoms. The van der Waals surface area contributed by atoms with Crippen molar-refractivity contribution in [1.82, 2.24) is 34.8 Å². The van der Waals surface area contributed by atoms with Crippen LogP contribution in [0.1, 0.15) is 176 Å². The third-order valence-electron chi connectivity index (χ3n) is 19.1. The molecule has 2 fully saturated rings. The highest BCUT2D eigenvalue weighted by Gasteiger charge is 2.44. The number of carbonyl (C=O) groups excluding carboxylic acids is 5. The molecule has 0 aliphatic carbocycles. The average Bonchev–Trinajstić information content (AvgIpc) is 1.69. The molecular weight excluding hydrogens is 1500 g/mol. The zero-order chi connectivity index (χ0) is 83.6. The molecule has 1 N–H and O–H groups in total. The van der Waals surface area contributed by atoms with Gasteiger partial charge in [0.15, 0.2) is 11.6 Å². The number of likely N-dealkylation sites (tertiary alicyclic amines) is 1. The maximum atomic E-state index is 13.8. The van der Waals surface area contributed by atoms with Crippen LogP contribution >= 0.6 is 11.3 Å². The van der Waals surface area contributed by atoms with Gasteiger partial charge in [0.2, 0.25) is 11.8 Å². The summed E-state index contributed by atoms with van der Waals surface area (Å²) in [4.78, 5) is 85.6. The molecule has 1 amide bonds. The summed E-state index contributed by atoms with van der Waals surface area (Å²) >= 11 is 1.60. The highest BCUT2D eigenvalue weighted by atomic mass is 32.1. The Hall–Kier alpha value is -8.44. The number of nitrogens with zero attached hydrogens (tertiary/aromatic N) is 11. The lowest BCUT2D eigenvalue weighted by Gasteiger charge is -2.35. The van der Waals surface area contributed by atoms with Gasteiger partial charge < -0.3 is 57.5 Å². The highest BCUT2D eigenvalue weighted by molar-refractivity contribution is 7.13. The number of alkyl halides is 3. The number of aliphatic hydroxyl groups excluding tert-OH is 1. The number of benzene rings is 2. The van der Waals surface area contributed by atoms with Crippen molar-refractivity contribution in [2.24, 2.45) is 22.4 Å². The molecule has 2 aliphatic heterocycles. The molecule has 4 atom stereocenters. The van der Waals surface area contributed by atoms with Crippen molar-refractivity contribution in [1.29, 1.82) is 0 Å². The fourth-order valence-corrected chi connectivity index (χ4v) is 13.4. The highest BCUT2D eigenvalue weighted by Crippen LogP contribution is 2.38. The number of aliphatic hydroxyl groups is 1. The summed E-state index contributed by atoms with van der Waals surface area (Å²) in [6, 6.07) is 15.7. The summed E-state index contributed by atoms with van der Waals surface area (Å²) in [5.74, 6) is 1.97. The van der Waals surface area contributed by atoms with E-state index in [4.69, 9.17) is 54.6 Å². The number of ketones is 4. The molecule has 2 aliphatic rings. The minimum atomic E-state index is -4.53. The van der Waals surface area contributed by atoms with E-state index in [2.05, 4.69) is 58.2 Å². The van der Waals surface area contributed by atoms with Gasteiger partial charge >= 0.3 is 6.18 Å². The maximum Gasteiger partial charge on any atom is 0.416 e. The maximum absolute atomic E-state index is 13.8. The normalized spacial score (nSPS) is 14.8. The van der Waals surface area contributed by atoms with Gasteiger partial charge in [-0.1, -0.05) is 107 Å². The minimum Gasteiger partial charge on any atom is -0.474 e. The number of hydrogen-bond acceptors (Lipinski definition) is 23. The number of aryl methyl sites for hydroxylation is 3. The van der Waals surface area contributed by atoms with Crippen molar-refractivity contribution in [3.05, 3.63) is 135 Å². The van der Waals surface area contributed by atoms with Crippen LogP contribution in [0.2, 0.25) is 0 Å². The SMILES string of the molecule is C#CCOCCOCCOCCOc1ncc(-c2cc(CC(=O)c3cccc(C(F)(F)F)c3)cnc2C)cc1N1CCOCC1.CC(C)OCCOCCOCCOCc1cn(CCCCCC(=O)C(C)C)nn1.Cc1ncsc1-c1ccc([C@H](C)CC(=O)[C@@H]2C[C@@H](O)CN2C(=O)[C@H](CC(=O)CCCCCN=[N+]=[N-])C(C)(C)C)cc1. The van der Waals surface area contributed by atoms with E-state index in [0.29, 0.717) is 154 Å². The van der Waals surface area contributed by atoms with Gasteiger partial charge in [-0.25, -0.2) is 9.97 Å². The first-order valence-electron chi connectivity index (χ1n) is 39.8. The average molecular weight is 1620 g/mol. The zero-order valence-electron chi connectivity index (χ0n) is 68.6. The van der Waals surface area contributed by atoms with Gasteiger partial charge in [0, 0.05) is 123 Å². The van der Waals surface area contributed by atoms with E-state index in [1.165, 1.54) is 17.0 Å². The van der Waals surface area contributed by atoms with Gasteiger partial charge in [-0.15, -0.1) is 22.9 Å². The van der Waals surface area contributed by atoms with Crippen LogP contribution in [-0.4, -0.2) is 213 Å². The number of ether oxygens (including phenoxy) is 9. The molecule has 26 nitrogen and oxygen atoms in total. The lowest BCUT2D eigenvalue weighted by atomic mass is 9.76. The Bertz CT molecular complexity index is 4000. The number of unbranched alkanes of at least 4 members (excludes halogenated alkanes) is 4. The van der Waals surface area contributed by atoms with E-state index in [-0.39, 0.29) is 86.4 Å². The van der Waals surface area contributed by atoms with E-state index in [0.717, 1.165) is 95.0 Å². The first-order valence-corrected chi connectivity index (χ1v) is 40.6. The van der Waals surface area contributed by atoms with Crippen LogP contribution in [0.25, 0.3) is 32.0 Å². The molecule has 0 spiro atoms. The van der Waals surface area contributed by atoms with Crippen LogP contribution < -0.4 is 9.64 Å². The zero-order valence-corrected chi connectivity index (χ0v) is 69.4. The number of pyridine rings is 2. The van der Waals surface area contributed by atoms with Crippen LogP contribution in [0.4, 0.5) is 18.9 Å². The first-order chi connectivity index (χ1) is 55.2. The number of β-amino-alcohol motifs (C(OH)–C–C–N with tert-alkyl or cyclic N) is 1. The molecular formula is C85H118F3N11O15S. The molecule has 630 valence electrons. The number of morpholine rings is 1. The van der Waals surface area contributed by atoms with E-state index in [1.807, 2.05) is 110 Å². The number of hydrogen-bond donors (Lipinski definition) is 1. The molecule has 6 heterocycles. The van der Waals surface area contributed by atoms with Gasteiger partial charge in [-0.3, -0.25) is 33.6 Å². The number of aromatic nitrogens is 6. The third kappa shape index (κ3) is 35.1. The molecule has 0 radical (unpaired) electrons. The Morgan fingerprint density at radius 1 is 0.757 bits per heavy atom. The lowest BCUT2D eigenvalue weighted by Crippen LogP contribution is -2.47. The Morgan fingerprint density at radius 2 is 1.42 bits per heavy atom. The predicted octanol–water partition coefficient (Wildman–Crippen LogP) is 14.5. The van der Waals surface area contributed by atoms with Gasteiger partial charge in [0.1, 0.15) is 36.2 Å². The first kappa shape index (κ1) is 95.4. The monoisotopic (exact) mass is 1620 g/mol. The summed E-state index contributed by atoms with van der Waals surface area (Å²) in [7, 11) is 0. The van der Waals surface area contributed by atoms with Gasteiger partial charge in [-0.05, 0) is 111 Å². The number of azide groups is 1. The second kappa shape index (κ2) is 51.6. The molecule has 0 saturated carbocycles. The molecule has 2 aromatic carbocycles. The van der Waals surface area contributed by atoms with Gasteiger partial charge in [0.25, 0.3) is 0 Å².